The summed E-state index contributed by atoms with van der Waals surface area (Å²) in [6, 6.07) is 0. The van der Waals surface area contributed by atoms with Gasteiger partial charge in [0.25, 0.3) is 0 Å². The molecule has 1 aliphatic carbocycles. The minimum Gasteiger partial charge on any atom is -0.412 e. The molecule has 0 radical (unpaired) electrons. The minimum absolute atomic E-state index is 0. The monoisotopic (exact) mass is 200 g/mol. The smallest absolute Gasteiger partial charge is 0.103 e. The Kier molecular flexibility index (Phi) is 16.8. The van der Waals surface area contributed by atoms with Crippen LogP contribution in [0.25, 0.3) is 0 Å². The van der Waals surface area contributed by atoms with Gasteiger partial charge in [0.2, 0.25) is 0 Å². The minimum atomic E-state index is -0.862. The van der Waals surface area contributed by atoms with E-state index < -0.39 is 12.3 Å². The molecule has 4 N–H and O–H groups in total. The third kappa shape index (κ3) is 11.8. The summed E-state index contributed by atoms with van der Waals surface area (Å²) < 4.78 is 24.4. The van der Waals surface area contributed by atoms with Gasteiger partial charge in [0.1, 0.15) is 12.3 Å². The Morgan fingerprint density at radius 1 is 1.00 bits per heavy atom. The van der Waals surface area contributed by atoms with Crippen LogP contribution < -0.4 is 0 Å². The molecular weight excluding hydrogens is 178 g/mol. The molecular formula is C9H22F2O2. The van der Waals surface area contributed by atoms with Crippen molar-refractivity contribution in [2.45, 2.75) is 58.3 Å². The topological polar surface area (TPSA) is 63.0 Å². The maximum absolute atomic E-state index is 12.2. The van der Waals surface area contributed by atoms with Gasteiger partial charge in [0.15, 0.2) is 0 Å². The number of halogens is 2. The first-order chi connectivity index (χ1) is 5.20. The van der Waals surface area contributed by atoms with E-state index in [4.69, 9.17) is 0 Å². The first-order valence-electron chi connectivity index (χ1n) is 4.48. The van der Waals surface area contributed by atoms with Crippen LogP contribution in [0.15, 0.2) is 0 Å². The Bertz CT molecular complexity index is 83.7. The highest BCUT2D eigenvalue weighted by atomic mass is 19.1. The molecule has 0 saturated heterocycles. The molecule has 0 aliphatic heterocycles. The SMILES string of the molecule is CCC.FC1CCCC(F)C1.O.O. The van der Waals surface area contributed by atoms with Crippen molar-refractivity contribution >= 4 is 0 Å². The van der Waals surface area contributed by atoms with Gasteiger partial charge in [-0.3, -0.25) is 0 Å². The lowest BCUT2D eigenvalue weighted by molar-refractivity contribution is 0.159. The molecule has 0 aromatic carbocycles. The molecule has 1 saturated carbocycles. The summed E-state index contributed by atoms with van der Waals surface area (Å²) in [4.78, 5) is 0. The first-order valence-corrected chi connectivity index (χ1v) is 4.48. The van der Waals surface area contributed by atoms with Crippen molar-refractivity contribution in [1.82, 2.24) is 0 Å². The predicted molar refractivity (Wildman–Crippen MR) is 51.5 cm³/mol. The molecule has 1 rings (SSSR count). The number of hydrogen-bond donors (Lipinski definition) is 0. The maximum Gasteiger partial charge on any atom is 0.103 e. The van der Waals surface area contributed by atoms with Crippen LogP contribution in [-0.2, 0) is 0 Å². The summed E-state index contributed by atoms with van der Waals surface area (Å²) in [5.74, 6) is 0. The largest absolute Gasteiger partial charge is 0.412 e. The Morgan fingerprint density at radius 3 is 1.46 bits per heavy atom. The molecule has 0 spiro atoms. The van der Waals surface area contributed by atoms with Crippen molar-refractivity contribution in [2.75, 3.05) is 0 Å². The highest BCUT2D eigenvalue weighted by Crippen LogP contribution is 2.22. The summed E-state index contributed by atoms with van der Waals surface area (Å²) in [6.07, 6.45) is 1.53. The molecule has 2 unspecified atom stereocenters. The standard InChI is InChI=1S/C6H10F2.C3H8.2H2O/c7-5-2-1-3-6(8)4-5;1-3-2;;/h5-6H,1-4H2;3H2,1-2H3;2*1H2. The Hall–Kier alpha value is -0.220. The molecule has 0 aromatic heterocycles. The van der Waals surface area contributed by atoms with Crippen LogP contribution in [0.1, 0.15) is 46.0 Å². The molecule has 0 amide bonds. The van der Waals surface area contributed by atoms with Gasteiger partial charge in [-0.1, -0.05) is 20.3 Å². The van der Waals surface area contributed by atoms with E-state index in [1.807, 2.05) is 0 Å². The second-order valence-electron chi connectivity index (χ2n) is 3.07. The van der Waals surface area contributed by atoms with E-state index in [2.05, 4.69) is 13.8 Å². The van der Waals surface area contributed by atoms with Crippen molar-refractivity contribution in [3.05, 3.63) is 0 Å². The van der Waals surface area contributed by atoms with Gasteiger partial charge in [-0.05, 0) is 19.3 Å². The van der Waals surface area contributed by atoms with Crippen LogP contribution in [0.2, 0.25) is 0 Å². The van der Waals surface area contributed by atoms with Gasteiger partial charge in [-0.15, -0.1) is 0 Å². The normalized spacial score (nSPS) is 25.8. The summed E-state index contributed by atoms with van der Waals surface area (Å²) in [5.41, 5.74) is 0. The number of hydrogen-bond acceptors (Lipinski definition) is 0. The van der Waals surface area contributed by atoms with Crippen molar-refractivity contribution in [2.24, 2.45) is 0 Å². The molecule has 0 aromatic rings. The average molecular weight is 200 g/mol. The first kappa shape index (κ1) is 18.5. The van der Waals surface area contributed by atoms with Gasteiger partial charge >= 0.3 is 0 Å². The lowest BCUT2D eigenvalue weighted by atomic mass is 9.97. The van der Waals surface area contributed by atoms with E-state index in [0.29, 0.717) is 12.8 Å². The fourth-order valence-electron chi connectivity index (χ4n) is 1.07. The Balaban J connectivity index is -0.000000180. The summed E-state index contributed by atoms with van der Waals surface area (Å²) in [5, 5.41) is 0. The van der Waals surface area contributed by atoms with Gasteiger partial charge in [-0.25, -0.2) is 8.78 Å². The van der Waals surface area contributed by atoms with Crippen LogP contribution >= 0.6 is 0 Å². The highest BCUT2D eigenvalue weighted by Gasteiger charge is 2.19. The summed E-state index contributed by atoms with van der Waals surface area (Å²) in [7, 11) is 0. The van der Waals surface area contributed by atoms with E-state index in [-0.39, 0.29) is 17.4 Å². The third-order valence-electron chi connectivity index (χ3n) is 1.55. The van der Waals surface area contributed by atoms with Gasteiger partial charge in [0.05, 0.1) is 0 Å². The molecule has 13 heavy (non-hydrogen) atoms. The van der Waals surface area contributed by atoms with Gasteiger partial charge < -0.3 is 11.0 Å². The molecule has 1 aliphatic rings. The van der Waals surface area contributed by atoms with Crippen molar-refractivity contribution in [3.63, 3.8) is 0 Å². The molecule has 84 valence electrons. The second kappa shape index (κ2) is 11.8. The second-order valence-corrected chi connectivity index (χ2v) is 3.07. The molecule has 2 nitrogen and oxygen atoms in total. The molecule has 2 atom stereocenters. The van der Waals surface area contributed by atoms with Crippen molar-refractivity contribution in [1.29, 1.82) is 0 Å². The van der Waals surface area contributed by atoms with Crippen LogP contribution in [0, 0.1) is 0 Å². The Labute approximate surface area is 79.0 Å². The number of alkyl halides is 2. The van der Waals surface area contributed by atoms with E-state index in [0.717, 1.165) is 6.42 Å². The summed E-state index contributed by atoms with van der Waals surface area (Å²) >= 11 is 0. The summed E-state index contributed by atoms with van der Waals surface area (Å²) in [6.45, 7) is 4.25. The fourth-order valence-corrected chi connectivity index (χ4v) is 1.07. The van der Waals surface area contributed by atoms with E-state index in [1.54, 1.807) is 0 Å². The quantitative estimate of drug-likeness (QED) is 0.574. The van der Waals surface area contributed by atoms with E-state index in [1.165, 1.54) is 6.42 Å². The third-order valence-corrected chi connectivity index (χ3v) is 1.55. The lowest BCUT2D eigenvalue weighted by Crippen LogP contribution is -2.16. The van der Waals surface area contributed by atoms with Crippen LogP contribution in [0.5, 0.6) is 0 Å². The number of rotatable bonds is 0. The van der Waals surface area contributed by atoms with E-state index in [9.17, 15) is 8.78 Å². The van der Waals surface area contributed by atoms with Gasteiger partial charge in [0, 0.05) is 6.42 Å². The van der Waals surface area contributed by atoms with Crippen molar-refractivity contribution < 1.29 is 19.7 Å². The zero-order valence-corrected chi connectivity index (χ0v) is 8.45. The zero-order valence-electron chi connectivity index (χ0n) is 8.45. The molecule has 0 bridgehead atoms. The molecule has 0 heterocycles. The highest BCUT2D eigenvalue weighted by molar-refractivity contribution is 4.70. The van der Waals surface area contributed by atoms with Crippen LogP contribution in [0.4, 0.5) is 8.78 Å². The lowest BCUT2D eigenvalue weighted by Gasteiger charge is -2.17. The fraction of sp³-hybridized carbons (Fsp3) is 1.00. The average Bonchev–Trinajstić information content (AvgIpc) is 1.88. The van der Waals surface area contributed by atoms with Gasteiger partial charge in [-0.2, -0.15) is 0 Å². The Morgan fingerprint density at radius 2 is 1.31 bits per heavy atom. The van der Waals surface area contributed by atoms with Crippen LogP contribution in [-0.4, -0.2) is 23.3 Å². The molecule has 1 fully saturated rings. The maximum atomic E-state index is 12.2. The van der Waals surface area contributed by atoms with Crippen molar-refractivity contribution in [3.8, 4) is 0 Å². The molecule has 4 heteroatoms. The predicted octanol–water partition coefficient (Wildman–Crippen LogP) is 2.00. The van der Waals surface area contributed by atoms with Crippen LogP contribution in [0.3, 0.4) is 0 Å². The zero-order chi connectivity index (χ0) is 8.69. The van der Waals surface area contributed by atoms with E-state index >= 15 is 0 Å².